The van der Waals surface area contributed by atoms with Gasteiger partial charge in [0.2, 0.25) is 5.88 Å². The zero-order valence-corrected chi connectivity index (χ0v) is 18.8. The Bertz CT molecular complexity index is 1050. The number of amides is 1. The quantitative estimate of drug-likeness (QED) is 0.497. The van der Waals surface area contributed by atoms with E-state index < -0.39 is 6.10 Å². The summed E-state index contributed by atoms with van der Waals surface area (Å²) in [7, 11) is 0. The number of β-amino-alcohol motifs (C(OH)–C–C–N with tert-alkyl or cyclic N) is 1. The summed E-state index contributed by atoms with van der Waals surface area (Å²) in [4.78, 5) is 19.0. The van der Waals surface area contributed by atoms with Crippen LogP contribution in [0.4, 0.5) is 5.69 Å². The second kappa shape index (κ2) is 11.1. The Balaban J connectivity index is 1.26. The maximum Gasteiger partial charge on any atom is 0.259 e. The van der Waals surface area contributed by atoms with Gasteiger partial charge in [0.1, 0.15) is 24.6 Å². The van der Waals surface area contributed by atoms with Crippen molar-refractivity contribution < 1.29 is 19.4 Å². The van der Waals surface area contributed by atoms with E-state index in [1.807, 2.05) is 30.3 Å². The number of likely N-dealkylation sites (tertiary alicyclic amines) is 1. The van der Waals surface area contributed by atoms with Crippen LogP contribution in [0.5, 0.6) is 11.6 Å². The van der Waals surface area contributed by atoms with E-state index in [1.165, 1.54) is 0 Å². The smallest absolute Gasteiger partial charge is 0.259 e. The molecule has 8 heteroatoms. The first-order chi connectivity index (χ1) is 16.1. The molecular weight excluding hydrogens is 442 g/mol. The number of anilines is 1. The molecule has 1 saturated heterocycles. The lowest BCUT2D eigenvalue weighted by molar-refractivity contribution is 0.0710. The number of ether oxygens (including phenoxy) is 2. The van der Waals surface area contributed by atoms with Gasteiger partial charge in [-0.15, -0.1) is 0 Å². The molecule has 1 aliphatic heterocycles. The second-order valence-electron chi connectivity index (χ2n) is 7.88. The van der Waals surface area contributed by atoms with E-state index in [0.29, 0.717) is 41.0 Å². The monoisotopic (exact) mass is 467 g/mol. The number of aliphatic hydroxyl groups excluding tert-OH is 1. The molecule has 4 rings (SSSR count). The van der Waals surface area contributed by atoms with Crippen molar-refractivity contribution in [3.05, 3.63) is 83.5 Å². The van der Waals surface area contributed by atoms with Gasteiger partial charge < -0.3 is 19.9 Å². The fourth-order valence-corrected chi connectivity index (χ4v) is 3.81. The lowest BCUT2D eigenvalue weighted by Crippen LogP contribution is -2.35. The van der Waals surface area contributed by atoms with Crippen LogP contribution in [0.2, 0.25) is 5.02 Å². The number of hydrogen-bond donors (Lipinski definition) is 2. The van der Waals surface area contributed by atoms with Crippen LogP contribution in [0.3, 0.4) is 0 Å². The van der Waals surface area contributed by atoms with Crippen LogP contribution in [0, 0.1) is 0 Å². The van der Waals surface area contributed by atoms with E-state index in [2.05, 4.69) is 15.2 Å². The third-order valence-electron chi connectivity index (χ3n) is 5.28. The average molecular weight is 468 g/mol. The van der Waals surface area contributed by atoms with Gasteiger partial charge in [-0.1, -0.05) is 41.9 Å². The van der Waals surface area contributed by atoms with Crippen molar-refractivity contribution in [3.63, 3.8) is 0 Å². The van der Waals surface area contributed by atoms with Gasteiger partial charge in [0.25, 0.3) is 5.91 Å². The Morgan fingerprint density at radius 2 is 1.94 bits per heavy atom. The number of halogens is 1. The summed E-state index contributed by atoms with van der Waals surface area (Å²) in [5.74, 6) is 0.712. The molecule has 2 atom stereocenters. The summed E-state index contributed by atoms with van der Waals surface area (Å²) in [6.45, 7) is 2.03. The van der Waals surface area contributed by atoms with Crippen LogP contribution in [0.1, 0.15) is 16.8 Å². The summed E-state index contributed by atoms with van der Waals surface area (Å²) in [5, 5.41) is 13.9. The van der Waals surface area contributed by atoms with Crippen molar-refractivity contribution in [1.82, 2.24) is 9.88 Å². The molecule has 172 valence electrons. The number of rotatable bonds is 9. The van der Waals surface area contributed by atoms with Gasteiger partial charge in [-0.3, -0.25) is 9.69 Å². The summed E-state index contributed by atoms with van der Waals surface area (Å²) >= 11 is 5.86. The number of aliphatic hydroxyl groups is 1. The maximum atomic E-state index is 12.7. The van der Waals surface area contributed by atoms with Gasteiger partial charge in [-0.2, -0.15) is 0 Å². The molecule has 33 heavy (non-hydrogen) atoms. The van der Waals surface area contributed by atoms with Crippen LogP contribution in [0.15, 0.2) is 72.9 Å². The van der Waals surface area contributed by atoms with Crippen molar-refractivity contribution in [3.8, 4) is 11.6 Å². The first-order valence-corrected chi connectivity index (χ1v) is 11.2. The topological polar surface area (TPSA) is 83.9 Å². The van der Waals surface area contributed by atoms with Gasteiger partial charge >= 0.3 is 0 Å². The molecule has 3 aromatic rings. The molecule has 7 nitrogen and oxygen atoms in total. The highest BCUT2D eigenvalue weighted by Crippen LogP contribution is 2.21. The standard InChI is InChI=1S/C25H26ClN3O4/c26-18-10-11-24(27-14-18)33-21-12-13-29(16-21)15-20(30)17-32-23-9-5-4-8-22(23)25(31)28-19-6-2-1-3-7-19/h1-11,14,20-21,30H,12-13,15-17H2,(H,28,31). The summed E-state index contributed by atoms with van der Waals surface area (Å²) < 4.78 is 11.7. The molecule has 0 aliphatic carbocycles. The lowest BCUT2D eigenvalue weighted by Gasteiger charge is -2.21. The highest BCUT2D eigenvalue weighted by atomic mass is 35.5. The number of nitrogens with one attached hydrogen (secondary N) is 1. The van der Waals surface area contributed by atoms with Crippen molar-refractivity contribution in [1.29, 1.82) is 0 Å². The second-order valence-corrected chi connectivity index (χ2v) is 8.32. The third-order valence-corrected chi connectivity index (χ3v) is 5.50. The highest BCUT2D eigenvalue weighted by molar-refractivity contribution is 6.30. The number of pyridine rings is 1. The van der Waals surface area contributed by atoms with E-state index >= 15 is 0 Å². The van der Waals surface area contributed by atoms with Gasteiger partial charge in [0.15, 0.2) is 0 Å². The Kier molecular flexibility index (Phi) is 7.78. The highest BCUT2D eigenvalue weighted by Gasteiger charge is 2.26. The third kappa shape index (κ3) is 6.68. The van der Waals surface area contributed by atoms with Crippen LogP contribution in [0.25, 0.3) is 0 Å². The van der Waals surface area contributed by atoms with Crippen LogP contribution >= 0.6 is 11.6 Å². The Labute approximate surface area is 197 Å². The Morgan fingerprint density at radius 1 is 1.15 bits per heavy atom. The van der Waals surface area contributed by atoms with Crippen molar-refractivity contribution in [2.75, 3.05) is 31.6 Å². The van der Waals surface area contributed by atoms with Crippen LogP contribution in [-0.4, -0.2) is 59.3 Å². The fraction of sp³-hybridized carbons (Fsp3) is 0.280. The summed E-state index contributed by atoms with van der Waals surface area (Å²) in [6.07, 6.45) is 1.71. The first kappa shape index (κ1) is 23.0. The number of para-hydroxylation sites is 2. The zero-order chi connectivity index (χ0) is 23.0. The molecule has 2 N–H and O–H groups in total. The minimum absolute atomic E-state index is 0.00852. The largest absolute Gasteiger partial charge is 0.490 e. The number of nitrogens with zero attached hydrogens (tertiary/aromatic N) is 2. The Hall–Kier alpha value is -3.13. The molecule has 1 aliphatic rings. The molecule has 0 saturated carbocycles. The number of carbonyl (C=O) groups is 1. The van der Waals surface area contributed by atoms with Crippen molar-refractivity contribution >= 4 is 23.2 Å². The molecule has 2 heterocycles. The predicted octanol–water partition coefficient (Wildman–Crippen LogP) is 3.88. The molecular formula is C25H26ClN3O4. The predicted molar refractivity (Wildman–Crippen MR) is 127 cm³/mol. The van der Waals surface area contributed by atoms with Crippen molar-refractivity contribution in [2.24, 2.45) is 0 Å². The molecule has 1 amide bonds. The van der Waals surface area contributed by atoms with Crippen molar-refractivity contribution in [2.45, 2.75) is 18.6 Å². The first-order valence-electron chi connectivity index (χ1n) is 10.8. The number of carbonyl (C=O) groups excluding carboxylic acids is 1. The molecule has 0 radical (unpaired) electrons. The number of aromatic nitrogens is 1. The Morgan fingerprint density at radius 3 is 2.73 bits per heavy atom. The average Bonchev–Trinajstić information content (AvgIpc) is 3.26. The van der Waals surface area contributed by atoms with Gasteiger partial charge in [-0.05, 0) is 36.8 Å². The summed E-state index contributed by atoms with van der Waals surface area (Å²) in [5.41, 5.74) is 1.12. The molecule has 2 unspecified atom stereocenters. The fourth-order valence-electron chi connectivity index (χ4n) is 3.70. The van der Waals surface area contributed by atoms with Crippen LogP contribution < -0.4 is 14.8 Å². The lowest BCUT2D eigenvalue weighted by atomic mass is 10.2. The SMILES string of the molecule is O=C(Nc1ccccc1)c1ccccc1OCC(O)CN1CCC(Oc2ccc(Cl)cn2)C1. The van der Waals surface area contributed by atoms with Crippen LogP contribution in [-0.2, 0) is 0 Å². The van der Waals surface area contributed by atoms with Gasteiger partial charge in [-0.25, -0.2) is 4.98 Å². The minimum atomic E-state index is -0.706. The van der Waals surface area contributed by atoms with E-state index in [4.69, 9.17) is 21.1 Å². The van der Waals surface area contributed by atoms with E-state index in [9.17, 15) is 9.90 Å². The number of hydrogen-bond acceptors (Lipinski definition) is 6. The summed E-state index contributed by atoms with van der Waals surface area (Å²) in [6, 6.07) is 19.7. The molecule has 1 fully saturated rings. The van der Waals surface area contributed by atoms with Gasteiger partial charge in [0.05, 0.1) is 10.6 Å². The zero-order valence-electron chi connectivity index (χ0n) is 18.1. The maximum absolute atomic E-state index is 12.7. The molecule has 2 aromatic carbocycles. The molecule has 0 spiro atoms. The molecule has 0 bridgehead atoms. The van der Waals surface area contributed by atoms with E-state index in [1.54, 1.807) is 42.6 Å². The van der Waals surface area contributed by atoms with E-state index in [-0.39, 0.29) is 18.6 Å². The number of benzene rings is 2. The normalized spacial score (nSPS) is 16.8. The minimum Gasteiger partial charge on any atom is -0.490 e. The van der Waals surface area contributed by atoms with E-state index in [0.717, 1.165) is 13.0 Å². The molecule has 1 aromatic heterocycles. The van der Waals surface area contributed by atoms with Gasteiger partial charge in [0, 0.05) is 37.6 Å².